The molecule has 2 atom stereocenters. The molecule has 0 aromatic carbocycles. The molecule has 3 rings (SSSR count). The maximum atomic E-state index is 4.22. The Morgan fingerprint density at radius 3 is 3.13 bits per heavy atom. The molecule has 2 aliphatic rings. The Morgan fingerprint density at radius 1 is 1.33 bits per heavy atom. The summed E-state index contributed by atoms with van der Waals surface area (Å²) in [6.07, 6.45) is 5.25. The molecule has 15 heavy (non-hydrogen) atoms. The summed E-state index contributed by atoms with van der Waals surface area (Å²) < 4.78 is 2.02. The Balaban J connectivity index is 1.49. The highest BCUT2D eigenvalue weighted by molar-refractivity contribution is 4.93. The van der Waals surface area contributed by atoms with Gasteiger partial charge in [0.15, 0.2) is 0 Å². The number of nitrogens with zero attached hydrogens (tertiary/aromatic N) is 3. The molecule has 0 saturated carbocycles. The van der Waals surface area contributed by atoms with Gasteiger partial charge < -0.3 is 5.32 Å². The summed E-state index contributed by atoms with van der Waals surface area (Å²) in [5.41, 5.74) is 0. The van der Waals surface area contributed by atoms with Crippen molar-refractivity contribution in [2.24, 2.45) is 5.92 Å². The van der Waals surface area contributed by atoms with E-state index in [9.17, 15) is 0 Å². The summed E-state index contributed by atoms with van der Waals surface area (Å²) in [6, 6.07) is 2.75. The van der Waals surface area contributed by atoms with Crippen molar-refractivity contribution in [2.45, 2.75) is 19.0 Å². The number of rotatable bonds is 3. The third kappa shape index (κ3) is 1.92. The summed E-state index contributed by atoms with van der Waals surface area (Å²) in [5.74, 6) is 0.905. The topological polar surface area (TPSA) is 33.1 Å². The van der Waals surface area contributed by atoms with Crippen molar-refractivity contribution in [3.8, 4) is 0 Å². The van der Waals surface area contributed by atoms with Crippen LogP contribution >= 0.6 is 0 Å². The molecule has 2 aliphatic heterocycles. The van der Waals surface area contributed by atoms with Crippen molar-refractivity contribution >= 4 is 0 Å². The first-order valence-corrected chi connectivity index (χ1v) is 5.85. The zero-order chi connectivity index (χ0) is 10.1. The highest BCUT2D eigenvalue weighted by Crippen LogP contribution is 2.24. The summed E-state index contributed by atoms with van der Waals surface area (Å²) in [7, 11) is 0. The smallest absolute Gasteiger partial charge is 0.0536 e. The second kappa shape index (κ2) is 3.94. The van der Waals surface area contributed by atoms with Crippen LogP contribution in [-0.4, -0.2) is 46.9 Å². The van der Waals surface area contributed by atoms with E-state index in [0.29, 0.717) is 0 Å². The van der Waals surface area contributed by atoms with Gasteiger partial charge in [0.1, 0.15) is 0 Å². The summed E-state index contributed by atoms with van der Waals surface area (Å²) >= 11 is 0. The number of likely N-dealkylation sites (tertiary alicyclic amines) is 1. The van der Waals surface area contributed by atoms with E-state index in [1.54, 1.807) is 0 Å². The Hall–Kier alpha value is -0.870. The molecule has 4 nitrogen and oxygen atoms in total. The SMILES string of the molecule is c1cnn(CCN2C[C@@H]3CCN[C@@H]3C2)c1. The largest absolute Gasteiger partial charge is 0.312 e. The molecule has 0 unspecified atom stereocenters. The Morgan fingerprint density at radius 2 is 2.33 bits per heavy atom. The van der Waals surface area contributed by atoms with Gasteiger partial charge in [0.05, 0.1) is 6.54 Å². The lowest BCUT2D eigenvalue weighted by Crippen LogP contribution is -2.31. The maximum absolute atomic E-state index is 4.22. The third-order valence-corrected chi connectivity index (χ3v) is 3.64. The van der Waals surface area contributed by atoms with Gasteiger partial charge in [-0.1, -0.05) is 0 Å². The molecule has 4 heteroatoms. The van der Waals surface area contributed by atoms with Gasteiger partial charge in [-0.3, -0.25) is 9.58 Å². The lowest BCUT2D eigenvalue weighted by molar-refractivity contribution is 0.295. The van der Waals surface area contributed by atoms with Crippen LogP contribution in [0.25, 0.3) is 0 Å². The Labute approximate surface area is 90.3 Å². The van der Waals surface area contributed by atoms with Crippen LogP contribution in [0, 0.1) is 5.92 Å². The van der Waals surface area contributed by atoms with Gasteiger partial charge in [-0.25, -0.2) is 0 Å². The second-order valence-electron chi connectivity index (χ2n) is 4.64. The molecular weight excluding hydrogens is 188 g/mol. The fourth-order valence-corrected chi connectivity index (χ4v) is 2.80. The predicted molar refractivity (Wildman–Crippen MR) is 58.6 cm³/mol. The fourth-order valence-electron chi connectivity index (χ4n) is 2.80. The van der Waals surface area contributed by atoms with E-state index in [1.807, 2.05) is 23.1 Å². The molecule has 0 radical (unpaired) electrons. The molecule has 1 aromatic heterocycles. The molecule has 2 saturated heterocycles. The van der Waals surface area contributed by atoms with Crippen molar-refractivity contribution in [3.63, 3.8) is 0 Å². The molecule has 1 aromatic rings. The minimum absolute atomic E-state index is 0.766. The van der Waals surface area contributed by atoms with E-state index in [4.69, 9.17) is 0 Å². The highest BCUT2D eigenvalue weighted by Gasteiger charge is 2.35. The van der Waals surface area contributed by atoms with Crippen LogP contribution in [0.1, 0.15) is 6.42 Å². The molecule has 0 bridgehead atoms. The first-order valence-electron chi connectivity index (χ1n) is 5.85. The number of hydrogen-bond donors (Lipinski definition) is 1. The lowest BCUT2D eigenvalue weighted by atomic mass is 10.1. The zero-order valence-corrected chi connectivity index (χ0v) is 8.97. The Bertz CT molecular complexity index is 296. The molecule has 2 fully saturated rings. The standard InChI is InChI=1S/C11H18N4/c1-3-13-15(5-1)7-6-14-8-10-2-4-12-11(10)9-14/h1,3,5,10-12H,2,4,6-9H2/t10-,11+/m0/s1. The van der Waals surface area contributed by atoms with Crippen molar-refractivity contribution in [2.75, 3.05) is 26.2 Å². The zero-order valence-electron chi connectivity index (χ0n) is 8.97. The minimum Gasteiger partial charge on any atom is -0.312 e. The van der Waals surface area contributed by atoms with Crippen LogP contribution in [0.5, 0.6) is 0 Å². The van der Waals surface area contributed by atoms with E-state index in [2.05, 4.69) is 15.3 Å². The van der Waals surface area contributed by atoms with E-state index in [0.717, 1.165) is 25.0 Å². The van der Waals surface area contributed by atoms with E-state index >= 15 is 0 Å². The van der Waals surface area contributed by atoms with Gasteiger partial charge in [0.2, 0.25) is 0 Å². The Kier molecular flexibility index (Phi) is 2.46. The molecule has 0 spiro atoms. The van der Waals surface area contributed by atoms with E-state index < -0.39 is 0 Å². The van der Waals surface area contributed by atoms with Crippen LogP contribution < -0.4 is 5.32 Å². The van der Waals surface area contributed by atoms with Crippen molar-refractivity contribution in [3.05, 3.63) is 18.5 Å². The van der Waals surface area contributed by atoms with Gasteiger partial charge in [-0.05, 0) is 24.9 Å². The van der Waals surface area contributed by atoms with E-state index in [1.165, 1.54) is 26.1 Å². The number of fused-ring (bicyclic) bond motifs is 1. The van der Waals surface area contributed by atoms with Gasteiger partial charge >= 0.3 is 0 Å². The van der Waals surface area contributed by atoms with Gasteiger partial charge in [0.25, 0.3) is 0 Å². The molecule has 3 heterocycles. The molecule has 82 valence electrons. The van der Waals surface area contributed by atoms with E-state index in [-0.39, 0.29) is 0 Å². The normalized spacial score (nSPS) is 30.9. The summed E-state index contributed by atoms with van der Waals surface area (Å²) in [5, 5.41) is 7.80. The molecule has 0 amide bonds. The fraction of sp³-hybridized carbons (Fsp3) is 0.727. The van der Waals surface area contributed by atoms with Crippen LogP contribution in [-0.2, 0) is 6.54 Å². The first-order chi connectivity index (χ1) is 7.42. The number of nitrogens with one attached hydrogen (secondary N) is 1. The molecule has 1 N–H and O–H groups in total. The average molecular weight is 206 g/mol. The predicted octanol–water partition coefficient (Wildman–Crippen LogP) is 0.177. The van der Waals surface area contributed by atoms with Crippen LogP contribution in [0.4, 0.5) is 0 Å². The van der Waals surface area contributed by atoms with Crippen molar-refractivity contribution < 1.29 is 0 Å². The van der Waals surface area contributed by atoms with Gasteiger partial charge in [-0.15, -0.1) is 0 Å². The summed E-state index contributed by atoms with van der Waals surface area (Å²) in [4.78, 5) is 2.56. The van der Waals surface area contributed by atoms with Crippen LogP contribution in [0.2, 0.25) is 0 Å². The number of hydrogen-bond acceptors (Lipinski definition) is 3. The lowest BCUT2D eigenvalue weighted by Gasteiger charge is -2.16. The molecular formula is C11H18N4. The van der Waals surface area contributed by atoms with Gasteiger partial charge in [0, 0.05) is 38.1 Å². The second-order valence-corrected chi connectivity index (χ2v) is 4.64. The number of aromatic nitrogens is 2. The van der Waals surface area contributed by atoms with Crippen LogP contribution in [0.15, 0.2) is 18.5 Å². The van der Waals surface area contributed by atoms with Gasteiger partial charge in [-0.2, -0.15) is 5.10 Å². The van der Waals surface area contributed by atoms with Crippen molar-refractivity contribution in [1.82, 2.24) is 20.0 Å². The first kappa shape index (κ1) is 9.36. The average Bonchev–Trinajstić information content (AvgIpc) is 2.91. The third-order valence-electron chi connectivity index (χ3n) is 3.64. The monoisotopic (exact) mass is 206 g/mol. The minimum atomic E-state index is 0.766. The maximum Gasteiger partial charge on any atom is 0.0536 e. The molecule has 0 aliphatic carbocycles. The highest BCUT2D eigenvalue weighted by atomic mass is 15.3. The summed E-state index contributed by atoms with van der Waals surface area (Å²) in [6.45, 7) is 5.88. The van der Waals surface area contributed by atoms with Crippen LogP contribution in [0.3, 0.4) is 0 Å². The van der Waals surface area contributed by atoms with Crippen molar-refractivity contribution in [1.29, 1.82) is 0 Å². The quantitative estimate of drug-likeness (QED) is 0.765.